The minimum Gasteiger partial charge on any atom is -0.479 e. The Balaban J connectivity index is 1.27. The number of likely N-dealkylation sites (tertiary alicyclic amines) is 1. The summed E-state index contributed by atoms with van der Waals surface area (Å²) >= 11 is 0. The van der Waals surface area contributed by atoms with Crippen molar-refractivity contribution in [2.75, 3.05) is 38.7 Å². The highest BCUT2D eigenvalue weighted by molar-refractivity contribution is 5.89. The molecule has 2 atom stereocenters. The molecule has 0 unspecified atom stereocenters. The van der Waals surface area contributed by atoms with E-state index >= 15 is 4.39 Å². The van der Waals surface area contributed by atoms with Crippen molar-refractivity contribution in [2.24, 2.45) is 0 Å². The van der Waals surface area contributed by atoms with E-state index in [0.717, 1.165) is 11.1 Å². The fourth-order valence-electron chi connectivity index (χ4n) is 4.72. The van der Waals surface area contributed by atoms with E-state index in [1.165, 1.54) is 11.8 Å². The molecule has 13 heteroatoms. The van der Waals surface area contributed by atoms with E-state index in [2.05, 4.69) is 25.7 Å². The molecule has 2 aliphatic heterocycles. The van der Waals surface area contributed by atoms with Crippen LogP contribution in [0.5, 0.6) is 5.88 Å². The molecular weight excluding hydrogens is 477 g/mol. The minimum absolute atomic E-state index is 0.136. The first-order chi connectivity index (χ1) is 17.8. The van der Waals surface area contributed by atoms with E-state index in [9.17, 15) is 8.78 Å². The maximum atomic E-state index is 15.0. The Morgan fingerprint density at radius 3 is 2.89 bits per heavy atom. The molecule has 0 radical (unpaired) electrons. The Bertz CT molecular complexity index is 1440. The lowest BCUT2D eigenvalue weighted by atomic mass is 10.0. The third kappa shape index (κ3) is 4.11. The summed E-state index contributed by atoms with van der Waals surface area (Å²) in [5.41, 5.74) is 3.04. The monoisotopic (exact) mass is 503 g/mol. The van der Waals surface area contributed by atoms with E-state index < -0.39 is 31.2 Å². The quantitative estimate of drug-likeness (QED) is 0.412. The van der Waals surface area contributed by atoms with Crippen molar-refractivity contribution in [2.45, 2.75) is 37.6 Å². The number of anilines is 1. The molecule has 2 aliphatic rings. The second kappa shape index (κ2) is 9.21. The molecule has 0 saturated carbocycles. The van der Waals surface area contributed by atoms with Crippen LogP contribution in [-0.2, 0) is 11.3 Å². The van der Waals surface area contributed by atoms with Gasteiger partial charge in [-0.05, 0) is 30.2 Å². The van der Waals surface area contributed by atoms with Crippen molar-refractivity contribution in [3.8, 4) is 17.0 Å². The number of benzene rings is 1. The molecule has 0 bridgehead atoms. The normalized spacial score (nSPS) is 22.6. The van der Waals surface area contributed by atoms with Gasteiger partial charge in [-0.2, -0.15) is 4.98 Å². The average molecular weight is 504 g/mol. The molecule has 2 saturated heterocycles. The van der Waals surface area contributed by atoms with Gasteiger partial charge in [0.15, 0.2) is 0 Å². The molecule has 10 nitrogen and oxygen atoms in total. The lowest BCUT2D eigenvalue weighted by molar-refractivity contribution is -0.0794. The number of fused-ring (bicyclic) bond motifs is 2. The van der Waals surface area contributed by atoms with Gasteiger partial charge in [0.05, 0.1) is 39.3 Å². The molecule has 1 N–H and O–H groups in total. The van der Waals surface area contributed by atoms with E-state index in [4.69, 9.17) is 10.8 Å². The Hall–Kier alpha value is -3.45. The number of rotatable bonds is 7. The zero-order chi connectivity index (χ0) is 25.7. The van der Waals surface area contributed by atoms with E-state index in [1.807, 2.05) is 17.0 Å². The van der Waals surface area contributed by atoms with Gasteiger partial charge in [-0.25, -0.2) is 22.4 Å². The molecular formula is C23H25F3N8O2. The van der Waals surface area contributed by atoms with E-state index in [1.54, 1.807) is 22.8 Å². The number of halogens is 3. The third-order valence-corrected chi connectivity index (χ3v) is 6.65. The van der Waals surface area contributed by atoms with Crippen LogP contribution in [0, 0.1) is 0 Å². The van der Waals surface area contributed by atoms with Crippen LogP contribution in [0.1, 0.15) is 7.79 Å². The van der Waals surface area contributed by atoms with Crippen LogP contribution in [-0.4, -0.2) is 92.6 Å². The fraction of sp³-hybridized carbons (Fsp3) is 0.478. The van der Waals surface area contributed by atoms with Crippen LogP contribution < -0.4 is 10.1 Å². The number of piperidine rings is 1. The SMILES string of the molecule is [2H]C1(N2CC[C@@H](Nc3nc(OC)c4c(-c5ccc6nnn(CC(F)F)c6c5)ccn4n3)[C@H](F)C2)COC1. The van der Waals surface area contributed by atoms with Gasteiger partial charge >= 0.3 is 0 Å². The first kappa shape index (κ1) is 21.8. The molecule has 4 aromatic rings. The molecule has 5 heterocycles. The van der Waals surface area contributed by atoms with Gasteiger partial charge in [-0.3, -0.25) is 4.90 Å². The summed E-state index contributed by atoms with van der Waals surface area (Å²) < 4.78 is 62.8. The van der Waals surface area contributed by atoms with Gasteiger partial charge in [0.1, 0.15) is 23.7 Å². The van der Waals surface area contributed by atoms with Crippen molar-refractivity contribution in [1.82, 2.24) is 34.5 Å². The summed E-state index contributed by atoms with van der Waals surface area (Å²) in [5.74, 6) is 0.496. The van der Waals surface area contributed by atoms with Gasteiger partial charge in [0, 0.05) is 24.8 Å². The summed E-state index contributed by atoms with van der Waals surface area (Å²) in [6.45, 7) is 0.739. The molecule has 3 aromatic heterocycles. The summed E-state index contributed by atoms with van der Waals surface area (Å²) in [6, 6.07) is 5.75. The molecule has 0 aliphatic carbocycles. The number of alkyl halides is 3. The average Bonchev–Trinajstić information content (AvgIpc) is 3.47. The van der Waals surface area contributed by atoms with Crippen LogP contribution in [0.15, 0.2) is 30.5 Å². The number of ether oxygens (including phenoxy) is 2. The lowest BCUT2D eigenvalue weighted by Crippen LogP contribution is -2.57. The predicted octanol–water partition coefficient (Wildman–Crippen LogP) is 2.64. The number of hydrogen-bond donors (Lipinski definition) is 1. The number of nitrogens with zero attached hydrogens (tertiary/aromatic N) is 7. The zero-order valence-electron chi connectivity index (χ0n) is 20.4. The predicted molar refractivity (Wildman–Crippen MR) is 125 cm³/mol. The standard InChI is InChI=1S/C23H25F3N8O2/c1-35-22-21-15(13-2-3-18-19(8-13)34(31-29-18)10-20(25)26)4-7-33(21)30-23(28-22)27-17-5-6-32(9-16(17)24)14-11-36-12-14/h2-4,7-8,14,16-17,20H,5-6,9-12H2,1H3,(H,27,30)/t16-,17-/m1/s1/i14D. The van der Waals surface area contributed by atoms with Gasteiger partial charge in [0.25, 0.3) is 6.43 Å². The molecule has 0 spiro atoms. The summed E-state index contributed by atoms with van der Waals surface area (Å²) in [7, 11) is 1.48. The molecule has 0 amide bonds. The Labute approximate surface area is 205 Å². The Kier molecular flexibility index (Phi) is 5.58. The van der Waals surface area contributed by atoms with Crippen LogP contribution in [0.4, 0.5) is 19.1 Å². The fourth-order valence-corrected chi connectivity index (χ4v) is 4.72. The summed E-state index contributed by atoms with van der Waals surface area (Å²) in [4.78, 5) is 6.30. The minimum atomic E-state index is -2.56. The highest BCUT2D eigenvalue weighted by Gasteiger charge is 2.35. The number of hydrogen-bond acceptors (Lipinski definition) is 8. The van der Waals surface area contributed by atoms with Crippen LogP contribution in [0.2, 0.25) is 0 Å². The third-order valence-electron chi connectivity index (χ3n) is 6.65. The summed E-state index contributed by atoms with van der Waals surface area (Å²) in [6.07, 6.45) is -1.54. The number of methoxy groups -OCH3 is 1. The van der Waals surface area contributed by atoms with Crippen molar-refractivity contribution >= 4 is 22.5 Å². The van der Waals surface area contributed by atoms with Gasteiger partial charge in [0.2, 0.25) is 11.8 Å². The van der Waals surface area contributed by atoms with Crippen LogP contribution >= 0.6 is 0 Å². The van der Waals surface area contributed by atoms with Crippen molar-refractivity contribution in [1.29, 1.82) is 0 Å². The highest BCUT2D eigenvalue weighted by atomic mass is 19.3. The van der Waals surface area contributed by atoms with Crippen molar-refractivity contribution in [3.05, 3.63) is 30.5 Å². The topological polar surface area (TPSA) is 94.6 Å². The maximum Gasteiger partial charge on any atom is 0.258 e. The first-order valence-electron chi connectivity index (χ1n) is 12.1. The van der Waals surface area contributed by atoms with Gasteiger partial charge in [-0.1, -0.05) is 11.3 Å². The Morgan fingerprint density at radius 2 is 2.17 bits per heavy atom. The van der Waals surface area contributed by atoms with Gasteiger partial charge < -0.3 is 14.8 Å². The lowest BCUT2D eigenvalue weighted by Gasteiger charge is -2.42. The van der Waals surface area contributed by atoms with Crippen molar-refractivity contribution in [3.63, 3.8) is 0 Å². The first-order valence-corrected chi connectivity index (χ1v) is 11.6. The maximum absolute atomic E-state index is 15.0. The van der Waals surface area contributed by atoms with E-state index in [-0.39, 0.29) is 18.4 Å². The van der Waals surface area contributed by atoms with E-state index in [0.29, 0.717) is 42.7 Å². The summed E-state index contributed by atoms with van der Waals surface area (Å²) in [5, 5.41) is 15.4. The number of nitrogens with one attached hydrogen (secondary N) is 1. The second-order valence-corrected chi connectivity index (χ2v) is 8.89. The van der Waals surface area contributed by atoms with Crippen LogP contribution in [0.3, 0.4) is 0 Å². The number of aromatic nitrogens is 6. The zero-order valence-corrected chi connectivity index (χ0v) is 19.4. The van der Waals surface area contributed by atoms with Crippen molar-refractivity contribution < 1.29 is 24.0 Å². The Morgan fingerprint density at radius 1 is 1.31 bits per heavy atom. The molecule has 1 aromatic carbocycles. The highest BCUT2D eigenvalue weighted by Crippen LogP contribution is 2.33. The smallest absolute Gasteiger partial charge is 0.258 e. The molecule has 36 heavy (non-hydrogen) atoms. The second-order valence-electron chi connectivity index (χ2n) is 8.89. The largest absolute Gasteiger partial charge is 0.479 e. The van der Waals surface area contributed by atoms with Crippen LogP contribution in [0.25, 0.3) is 27.7 Å². The molecule has 190 valence electrons. The molecule has 6 rings (SSSR count). The molecule has 2 fully saturated rings. The van der Waals surface area contributed by atoms with Gasteiger partial charge in [-0.15, -0.1) is 10.2 Å².